The molecule has 2 atom stereocenters. The Labute approximate surface area is 103 Å². The summed E-state index contributed by atoms with van der Waals surface area (Å²) in [6.45, 7) is 10.9. The Morgan fingerprint density at radius 2 is 1.65 bits per heavy atom. The second kappa shape index (κ2) is 5.10. The van der Waals surface area contributed by atoms with Crippen molar-refractivity contribution in [1.29, 1.82) is 0 Å². The van der Waals surface area contributed by atoms with Crippen molar-refractivity contribution in [2.75, 3.05) is 0 Å². The highest BCUT2D eigenvalue weighted by atomic mass is 32.2. The minimum absolute atomic E-state index is 0.293. The van der Waals surface area contributed by atoms with E-state index in [9.17, 15) is 17.4 Å². The van der Waals surface area contributed by atoms with Crippen LogP contribution in [-0.4, -0.2) is 20.7 Å². The molecule has 0 aliphatic heterocycles. The maximum absolute atomic E-state index is 13.0. The standard InChI is InChI=1S/C11H20F3NOS/c1-8(2)7-10(6,11(12,13)14)15-17(16)9(3,4)5/h15H,1,7H2,2-6H3. The molecule has 0 aliphatic rings. The molecule has 0 heterocycles. The van der Waals surface area contributed by atoms with E-state index in [1.54, 1.807) is 20.8 Å². The topological polar surface area (TPSA) is 29.1 Å². The summed E-state index contributed by atoms with van der Waals surface area (Å²) in [5.74, 6) is 0. The van der Waals surface area contributed by atoms with E-state index in [0.717, 1.165) is 6.92 Å². The van der Waals surface area contributed by atoms with E-state index >= 15 is 0 Å². The SMILES string of the molecule is C=C(C)CC(C)(NS(=O)C(C)(C)C)C(F)(F)F. The quantitative estimate of drug-likeness (QED) is 0.781. The van der Waals surface area contributed by atoms with Crippen molar-refractivity contribution in [3.05, 3.63) is 12.2 Å². The number of alkyl halides is 3. The van der Waals surface area contributed by atoms with Gasteiger partial charge in [-0.05, 0) is 41.0 Å². The fourth-order valence-corrected chi connectivity index (χ4v) is 2.06. The summed E-state index contributed by atoms with van der Waals surface area (Å²) in [5.41, 5.74) is -1.82. The minimum Gasteiger partial charge on any atom is -0.242 e. The van der Waals surface area contributed by atoms with E-state index < -0.39 is 27.4 Å². The third-order valence-electron chi connectivity index (χ3n) is 2.16. The zero-order chi connectivity index (χ0) is 14.1. The highest BCUT2D eigenvalue weighted by Crippen LogP contribution is 2.35. The summed E-state index contributed by atoms with van der Waals surface area (Å²) in [6, 6.07) is 0. The maximum Gasteiger partial charge on any atom is 0.407 e. The zero-order valence-corrected chi connectivity index (χ0v) is 11.7. The zero-order valence-electron chi connectivity index (χ0n) is 10.9. The highest BCUT2D eigenvalue weighted by molar-refractivity contribution is 7.84. The second-order valence-electron chi connectivity index (χ2n) is 5.45. The monoisotopic (exact) mass is 271 g/mol. The molecule has 0 amide bonds. The molecule has 0 aromatic heterocycles. The molecule has 0 rings (SSSR count). The Hall–Kier alpha value is -0.360. The molecule has 1 N–H and O–H groups in total. The molecule has 6 heteroatoms. The minimum atomic E-state index is -4.48. The number of nitrogens with one attached hydrogen (secondary N) is 1. The highest BCUT2D eigenvalue weighted by Gasteiger charge is 2.52. The van der Waals surface area contributed by atoms with Gasteiger partial charge in [0.1, 0.15) is 5.54 Å². The smallest absolute Gasteiger partial charge is 0.242 e. The van der Waals surface area contributed by atoms with Crippen LogP contribution in [-0.2, 0) is 11.0 Å². The van der Waals surface area contributed by atoms with Gasteiger partial charge < -0.3 is 0 Å². The van der Waals surface area contributed by atoms with Gasteiger partial charge in [0.25, 0.3) is 0 Å². The van der Waals surface area contributed by atoms with Crippen LogP contribution in [0.3, 0.4) is 0 Å². The summed E-state index contributed by atoms with van der Waals surface area (Å²) in [4.78, 5) is 0. The largest absolute Gasteiger partial charge is 0.407 e. The van der Waals surface area contributed by atoms with Crippen LogP contribution >= 0.6 is 0 Å². The van der Waals surface area contributed by atoms with E-state index in [1.807, 2.05) is 0 Å². The third-order valence-corrected chi connectivity index (χ3v) is 3.90. The van der Waals surface area contributed by atoms with Gasteiger partial charge in [-0.1, -0.05) is 5.57 Å². The lowest BCUT2D eigenvalue weighted by molar-refractivity contribution is -0.185. The van der Waals surface area contributed by atoms with Gasteiger partial charge in [0.2, 0.25) is 0 Å². The molecule has 0 saturated carbocycles. The van der Waals surface area contributed by atoms with Crippen molar-refractivity contribution >= 4 is 11.0 Å². The molecular weight excluding hydrogens is 251 g/mol. The number of rotatable bonds is 4. The molecule has 0 radical (unpaired) electrons. The second-order valence-corrected chi connectivity index (χ2v) is 7.41. The molecule has 0 aliphatic carbocycles. The van der Waals surface area contributed by atoms with Crippen LogP contribution in [0.1, 0.15) is 41.0 Å². The first kappa shape index (κ1) is 16.6. The van der Waals surface area contributed by atoms with E-state index in [1.165, 1.54) is 6.92 Å². The van der Waals surface area contributed by atoms with Crippen LogP contribution < -0.4 is 4.72 Å². The third kappa shape index (κ3) is 4.79. The Morgan fingerprint density at radius 3 is 1.88 bits per heavy atom. The van der Waals surface area contributed by atoms with Gasteiger partial charge in [0.05, 0.1) is 15.7 Å². The average molecular weight is 271 g/mol. The summed E-state index contributed by atoms with van der Waals surface area (Å²) in [6.07, 6.45) is -4.77. The van der Waals surface area contributed by atoms with Gasteiger partial charge >= 0.3 is 6.18 Å². The van der Waals surface area contributed by atoms with Crippen molar-refractivity contribution in [3.63, 3.8) is 0 Å². The Kier molecular flexibility index (Phi) is 4.99. The molecule has 2 unspecified atom stereocenters. The Morgan fingerprint density at radius 1 is 1.24 bits per heavy atom. The summed E-state index contributed by atoms with van der Waals surface area (Å²) >= 11 is 0. The normalized spacial score (nSPS) is 18.6. The molecule has 2 nitrogen and oxygen atoms in total. The first-order chi connectivity index (χ1) is 7.29. The first-order valence-electron chi connectivity index (χ1n) is 5.20. The van der Waals surface area contributed by atoms with Crippen LogP contribution in [0, 0.1) is 0 Å². The van der Waals surface area contributed by atoms with Gasteiger partial charge in [-0.25, -0.2) is 8.93 Å². The van der Waals surface area contributed by atoms with Gasteiger partial charge in [-0.3, -0.25) is 0 Å². The lowest BCUT2D eigenvalue weighted by Gasteiger charge is -2.35. The Bertz CT molecular complexity index is 320. The van der Waals surface area contributed by atoms with Gasteiger partial charge in [-0.2, -0.15) is 13.2 Å². The van der Waals surface area contributed by atoms with Crippen LogP contribution in [0.4, 0.5) is 13.2 Å². The van der Waals surface area contributed by atoms with Gasteiger partial charge in [0, 0.05) is 0 Å². The van der Waals surface area contributed by atoms with E-state index in [4.69, 9.17) is 0 Å². The summed E-state index contributed by atoms with van der Waals surface area (Å²) in [7, 11) is -1.78. The fourth-order valence-electron chi connectivity index (χ4n) is 1.16. The van der Waals surface area contributed by atoms with Crippen molar-refractivity contribution in [1.82, 2.24) is 4.72 Å². The predicted octanol–water partition coefficient (Wildman–Crippen LogP) is 3.33. The van der Waals surface area contributed by atoms with Crippen molar-refractivity contribution in [2.24, 2.45) is 0 Å². The summed E-state index contributed by atoms with van der Waals surface area (Å²) in [5, 5.41) is 0. The molecule has 0 saturated heterocycles. The fraction of sp³-hybridized carbons (Fsp3) is 0.818. The van der Waals surface area contributed by atoms with E-state index in [0.29, 0.717) is 5.57 Å². The van der Waals surface area contributed by atoms with E-state index in [2.05, 4.69) is 11.3 Å². The molecule has 102 valence electrons. The Balaban J connectivity index is 5.11. The number of hydrogen-bond donors (Lipinski definition) is 1. The molecule has 0 aromatic rings. The lowest BCUT2D eigenvalue weighted by Crippen LogP contribution is -2.57. The molecule has 17 heavy (non-hydrogen) atoms. The average Bonchev–Trinajstić information content (AvgIpc) is 1.97. The molecule has 0 aromatic carbocycles. The van der Waals surface area contributed by atoms with Crippen LogP contribution in [0.15, 0.2) is 12.2 Å². The first-order valence-corrected chi connectivity index (χ1v) is 6.35. The van der Waals surface area contributed by atoms with Crippen LogP contribution in [0.25, 0.3) is 0 Å². The predicted molar refractivity (Wildman–Crippen MR) is 64.9 cm³/mol. The van der Waals surface area contributed by atoms with Crippen LogP contribution in [0.2, 0.25) is 0 Å². The molecule has 0 bridgehead atoms. The molecular formula is C11H20F3NOS. The van der Waals surface area contributed by atoms with E-state index in [-0.39, 0.29) is 6.42 Å². The van der Waals surface area contributed by atoms with Crippen LogP contribution in [0.5, 0.6) is 0 Å². The van der Waals surface area contributed by atoms with Gasteiger partial charge in [0.15, 0.2) is 0 Å². The van der Waals surface area contributed by atoms with Crippen molar-refractivity contribution in [3.8, 4) is 0 Å². The van der Waals surface area contributed by atoms with Gasteiger partial charge in [-0.15, -0.1) is 6.58 Å². The summed E-state index contributed by atoms with van der Waals surface area (Å²) < 4.78 is 52.1. The maximum atomic E-state index is 13.0. The van der Waals surface area contributed by atoms with Crippen molar-refractivity contribution < 1.29 is 17.4 Å². The lowest BCUT2D eigenvalue weighted by atomic mass is 9.95. The number of halogens is 3. The molecule has 0 spiro atoms. The molecule has 0 fully saturated rings. The van der Waals surface area contributed by atoms with Crippen molar-refractivity contribution in [2.45, 2.75) is 57.5 Å². The number of hydrogen-bond acceptors (Lipinski definition) is 1.